The lowest BCUT2D eigenvalue weighted by atomic mass is 10.4. The molecule has 1 atom stereocenters. The molecule has 0 heterocycles. The number of aliphatic hydroxyl groups excluding tert-OH is 1. The van der Waals surface area contributed by atoms with E-state index in [9.17, 15) is 9.59 Å². The zero-order chi connectivity index (χ0) is 6.57. The molecule has 0 unspecified atom stereocenters. The van der Waals surface area contributed by atoms with Gasteiger partial charge in [0.2, 0.25) is 6.10 Å². The minimum absolute atomic E-state index is 0.103. The highest BCUT2D eigenvalue weighted by Gasteiger charge is 2.11. The summed E-state index contributed by atoms with van der Waals surface area (Å²) in [6.45, 7) is 0. The molecule has 0 amide bonds. The molecule has 0 aliphatic carbocycles. The van der Waals surface area contributed by atoms with Crippen LogP contribution < -0.4 is 0 Å². The number of esters is 1. The van der Waals surface area contributed by atoms with E-state index in [1.807, 2.05) is 0 Å². The fourth-order valence-corrected chi connectivity index (χ4v) is 0.176. The maximum Gasteiger partial charge on any atom is 0.342 e. The summed E-state index contributed by atoms with van der Waals surface area (Å²) >= 11 is 0. The van der Waals surface area contributed by atoms with Crippen molar-refractivity contribution in [3.05, 3.63) is 0 Å². The predicted octanol–water partition coefficient (Wildman–Crippen LogP) is -1.28. The van der Waals surface area contributed by atoms with Crippen molar-refractivity contribution in [3.8, 4) is 0 Å². The zero-order valence-electron chi connectivity index (χ0n) is 4.33. The summed E-state index contributed by atoms with van der Waals surface area (Å²) in [6, 6.07) is 0. The van der Waals surface area contributed by atoms with E-state index in [1.54, 1.807) is 0 Å². The van der Waals surface area contributed by atoms with Crippen molar-refractivity contribution in [1.29, 1.82) is 0 Å². The molecule has 0 rings (SSSR count). The van der Waals surface area contributed by atoms with Gasteiger partial charge in [0.1, 0.15) is 0 Å². The van der Waals surface area contributed by atoms with Crippen LogP contribution in [-0.2, 0) is 14.3 Å². The van der Waals surface area contributed by atoms with Crippen LogP contribution >= 0.6 is 0 Å². The summed E-state index contributed by atoms with van der Waals surface area (Å²) in [7, 11) is 1.09. The van der Waals surface area contributed by atoms with E-state index in [0.717, 1.165) is 7.11 Å². The molecule has 0 saturated carbocycles. The highest BCUT2D eigenvalue weighted by molar-refractivity contribution is 5.90. The van der Waals surface area contributed by atoms with Crippen molar-refractivity contribution in [3.63, 3.8) is 0 Å². The molecule has 0 bridgehead atoms. The van der Waals surface area contributed by atoms with Gasteiger partial charge in [0.05, 0.1) is 7.11 Å². The van der Waals surface area contributed by atoms with E-state index in [2.05, 4.69) is 4.74 Å². The van der Waals surface area contributed by atoms with Crippen molar-refractivity contribution in [2.24, 2.45) is 0 Å². The first-order valence-electron chi connectivity index (χ1n) is 1.93. The number of carbonyl (C=O) groups excluding carboxylic acids is 2. The molecule has 1 N–H and O–H groups in total. The number of aldehydes is 1. The van der Waals surface area contributed by atoms with Crippen LogP contribution in [0.4, 0.5) is 0 Å². The van der Waals surface area contributed by atoms with Crippen LogP contribution in [0.3, 0.4) is 0 Å². The second-order valence-electron chi connectivity index (χ2n) is 1.10. The summed E-state index contributed by atoms with van der Waals surface area (Å²) in [5.41, 5.74) is 0. The third kappa shape index (κ3) is 1.70. The van der Waals surface area contributed by atoms with Gasteiger partial charge in [0.15, 0.2) is 6.29 Å². The lowest BCUT2D eigenvalue weighted by Gasteiger charge is -1.96. The van der Waals surface area contributed by atoms with Crippen LogP contribution in [0.5, 0.6) is 0 Å². The Bertz CT molecular complexity index is 98.2. The highest BCUT2D eigenvalue weighted by atomic mass is 16.5. The lowest BCUT2D eigenvalue weighted by Crippen LogP contribution is -2.22. The Morgan fingerprint density at radius 3 is 2.50 bits per heavy atom. The molecule has 0 spiro atoms. The fraction of sp³-hybridized carbons (Fsp3) is 0.500. The molecule has 4 nitrogen and oxygen atoms in total. The van der Waals surface area contributed by atoms with E-state index in [-0.39, 0.29) is 6.29 Å². The third-order valence-corrected chi connectivity index (χ3v) is 0.572. The second kappa shape index (κ2) is 3.15. The average molecular weight is 118 g/mol. The van der Waals surface area contributed by atoms with Crippen molar-refractivity contribution < 1.29 is 19.4 Å². The van der Waals surface area contributed by atoms with Crippen LogP contribution in [0.15, 0.2) is 0 Å². The van der Waals surface area contributed by atoms with Crippen LogP contribution in [0.25, 0.3) is 0 Å². The Kier molecular flexibility index (Phi) is 2.79. The summed E-state index contributed by atoms with van der Waals surface area (Å²) in [4.78, 5) is 19.6. The summed E-state index contributed by atoms with van der Waals surface area (Å²) in [5, 5.41) is 8.28. The molecule has 0 aromatic rings. The number of carbonyl (C=O) groups is 2. The average Bonchev–Trinajstić information content (AvgIpc) is 1.84. The van der Waals surface area contributed by atoms with E-state index in [4.69, 9.17) is 5.11 Å². The zero-order valence-corrected chi connectivity index (χ0v) is 4.33. The molecule has 0 aliphatic heterocycles. The van der Waals surface area contributed by atoms with Gasteiger partial charge in [-0.3, -0.25) is 4.79 Å². The van der Waals surface area contributed by atoms with E-state index >= 15 is 0 Å². The minimum atomic E-state index is -1.63. The van der Waals surface area contributed by atoms with E-state index in [1.165, 1.54) is 0 Å². The van der Waals surface area contributed by atoms with Crippen LogP contribution in [0, 0.1) is 0 Å². The Hall–Kier alpha value is -0.900. The number of ether oxygens (including phenoxy) is 1. The Morgan fingerprint density at radius 2 is 2.38 bits per heavy atom. The van der Waals surface area contributed by atoms with Crippen molar-refractivity contribution in [1.82, 2.24) is 0 Å². The number of aliphatic hydroxyl groups is 1. The molecule has 46 valence electrons. The van der Waals surface area contributed by atoms with Crippen molar-refractivity contribution >= 4 is 12.3 Å². The largest absolute Gasteiger partial charge is 0.467 e. The van der Waals surface area contributed by atoms with Gasteiger partial charge < -0.3 is 9.84 Å². The maximum absolute atomic E-state index is 10.0. The smallest absolute Gasteiger partial charge is 0.342 e. The summed E-state index contributed by atoms with van der Waals surface area (Å²) < 4.78 is 3.98. The van der Waals surface area contributed by atoms with Crippen molar-refractivity contribution in [2.75, 3.05) is 7.11 Å². The van der Waals surface area contributed by atoms with Crippen LogP contribution in [-0.4, -0.2) is 30.6 Å². The van der Waals surface area contributed by atoms with Gasteiger partial charge in [-0.05, 0) is 0 Å². The molecule has 0 saturated heterocycles. The molecule has 0 aromatic carbocycles. The Labute approximate surface area is 46.1 Å². The minimum Gasteiger partial charge on any atom is -0.467 e. The number of hydrogen-bond donors (Lipinski definition) is 1. The van der Waals surface area contributed by atoms with Gasteiger partial charge in [0.25, 0.3) is 0 Å². The first-order chi connectivity index (χ1) is 3.72. The molecular formula is C4H6O4. The summed E-state index contributed by atoms with van der Waals surface area (Å²) in [5.74, 6) is -0.931. The normalized spacial score (nSPS) is 12.2. The van der Waals surface area contributed by atoms with Crippen LogP contribution in [0.1, 0.15) is 0 Å². The fourth-order valence-electron chi connectivity index (χ4n) is 0.176. The maximum atomic E-state index is 10.0. The SMILES string of the molecule is COC(=O)[C@H](O)C=O. The van der Waals surface area contributed by atoms with Crippen LogP contribution in [0.2, 0.25) is 0 Å². The predicted molar refractivity (Wildman–Crippen MR) is 24.1 cm³/mol. The highest BCUT2D eigenvalue weighted by Crippen LogP contribution is 1.78. The molecule has 8 heavy (non-hydrogen) atoms. The number of hydrogen-bond acceptors (Lipinski definition) is 4. The second-order valence-corrected chi connectivity index (χ2v) is 1.10. The first-order valence-corrected chi connectivity index (χ1v) is 1.93. The van der Waals surface area contributed by atoms with Gasteiger partial charge in [-0.2, -0.15) is 0 Å². The Balaban J connectivity index is 3.62. The molecule has 0 radical (unpaired) electrons. The van der Waals surface area contributed by atoms with Gasteiger partial charge in [-0.1, -0.05) is 0 Å². The number of rotatable bonds is 2. The molecule has 4 heteroatoms. The van der Waals surface area contributed by atoms with Gasteiger partial charge in [0, 0.05) is 0 Å². The quantitative estimate of drug-likeness (QED) is 0.278. The van der Waals surface area contributed by atoms with Gasteiger partial charge >= 0.3 is 5.97 Å². The molecule has 0 aliphatic rings. The molecular weight excluding hydrogens is 112 g/mol. The molecule has 0 fully saturated rings. The van der Waals surface area contributed by atoms with E-state index < -0.39 is 12.1 Å². The number of methoxy groups -OCH3 is 1. The topological polar surface area (TPSA) is 63.6 Å². The first kappa shape index (κ1) is 7.10. The van der Waals surface area contributed by atoms with Gasteiger partial charge in [-0.25, -0.2) is 4.79 Å². The lowest BCUT2D eigenvalue weighted by molar-refractivity contribution is -0.151. The van der Waals surface area contributed by atoms with E-state index in [0.29, 0.717) is 0 Å². The molecule has 0 aromatic heterocycles. The third-order valence-electron chi connectivity index (χ3n) is 0.572. The van der Waals surface area contributed by atoms with Gasteiger partial charge in [-0.15, -0.1) is 0 Å². The van der Waals surface area contributed by atoms with Crippen molar-refractivity contribution in [2.45, 2.75) is 6.10 Å². The monoisotopic (exact) mass is 118 g/mol. The standard InChI is InChI=1S/C4H6O4/c1-8-4(7)3(6)2-5/h2-3,6H,1H3/t3-/m1/s1. The summed E-state index contributed by atoms with van der Waals surface area (Å²) in [6.07, 6.45) is -1.52. The Morgan fingerprint density at radius 1 is 1.88 bits per heavy atom.